The molecule has 0 aromatic carbocycles. The lowest BCUT2D eigenvalue weighted by Crippen LogP contribution is -2.21. The zero-order chi connectivity index (χ0) is 10.7. The van der Waals surface area contributed by atoms with E-state index < -0.39 is 0 Å². The van der Waals surface area contributed by atoms with Crippen LogP contribution in [0.5, 0.6) is 0 Å². The molecule has 0 atom stereocenters. The Balaban J connectivity index is 2.12. The molecule has 0 bridgehead atoms. The molecule has 0 N–H and O–H groups in total. The minimum Gasteiger partial charge on any atom is -0.247 e. The van der Waals surface area contributed by atoms with Gasteiger partial charge in [0.05, 0.1) is 0 Å². The number of nitrogens with zero attached hydrogens (tertiary/aromatic N) is 3. The molecule has 15 heavy (non-hydrogen) atoms. The Bertz CT molecular complexity index is 359. The minimum absolute atomic E-state index is 0.890. The van der Waals surface area contributed by atoms with E-state index >= 15 is 0 Å². The Labute approximate surface area is 94.7 Å². The molecule has 1 aromatic heterocycles. The number of aromatic nitrogens is 2. The summed E-state index contributed by atoms with van der Waals surface area (Å²) in [6.45, 7) is 4.09. The summed E-state index contributed by atoms with van der Waals surface area (Å²) in [6, 6.07) is 0. The Morgan fingerprint density at radius 1 is 1.33 bits per heavy atom. The van der Waals surface area contributed by atoms with Gasteiger partial charge in [-0.3, -0.25) is 0 Å². The molecule has 1 aromatic rings. The Kier molecular flexibility index (Phi) is 3.38. The van der Waals surface area contributed by atoms with Gasteiger partial charge in [0.2, 0.25) is 0 Å². The smallest absolute Gasteiger partial charge is 0.154 e. The van der Waals surface area contributed by atoms with Crippen LogP contribution in [-0.2, 0) is 0 Å². The molecule has 0 unspecified atom stereocenters. The monoisotopic (exact) mass is 221 g/mol. The second kappa shape index (κ2) is 4.77. The minimum atomic E-state index is 0.890. The van der Waals surface area contributed by atoms with Gasteiger partial charge >= 0.3 is 0 Å². The molecule has 0 saturated carbocycles. The lowest BCUT2D eigenvalue weighted by molar-refractivity contribution is 0.517. The number of aryl methyl sites for hydroxylation is 1. The fourth-order valence-corrected chi connectivity index (χ4v) is 2.08. The Morgan fingerprint density at radius 2 is 2.07 bits per heavy atom. The van der Waals surface area contributed by atoms with Crippen molar-refractivity contribution in [3.8, 4) is 0 Å². The quantitative estimate of drug-likeness (QED) is 0.716. The van der Waals surface area contributed by atoms with Crippen molar-refractivity contribution in [1.82, 2.24) is 14.3 Å². The summed E-state index contributed by atoms with van der Waals surface area (Å²) in [5.74, 6) is 0.890. The van der Waals surface area contributed by atoms with Gasteiger partial charge in [0.1, 0.15) is 0 Å². The third-order valence-corrected chi connectivity index (χ3v) is 3.35. The zero-order valence-electron chi connectivity index (χ0n) is 9.10. The first-order chi connectivity index (χ1) is 7.29. The van der Waals surface area contributed by atoms with Crippen LogP contribution in [0.15, 0.2) is 18.5 Å². The van der Waals surface area contributed by atoms with Gasteiger partial charge in [-0.1, -0.05) is 18.0 Å². The van der Waals surface area contributed by atoms with Crippen molar-refractivity contribution >= 4 is 17.5 Å². The maximum absolute atomic E-state index is 4.35. The topological polar surface area (TPSA) is 29.0 Å². The van der Waals surface area contributed by atoms with E-state index in [1.54, 1.807) is 11.9 Å². The number of rotatable bonds is 2. The van der Waals surface area contributed by atoms with Crippen LogP contribution in [0.2, 0.25) is 0 Å². The van der Waals surface area contributed by atoms with E-state index in [0.717, 1.165) is 30.9 Å². The van der Waals surface area contributed by atoms with E-state index in [-0.39, 0.29) is 0 Å². The van der Waals surface area contributed by atoms with Crippen LogP contribution in [0.25, 0.3) is 5.57 Å². The van der Waals surface area contributed by atoms with Crippen molar-refractivity contribution in [2.24, 2.45) is 0 Å². The molecule has 0 aliphatic carbocycles. The van der Waals surface area contributed by atoms with Gasteiger partial charge in [-0.05, 0) is 30.7 Å². The number of hydrogen-bond acceptors (Lipinski definition) is 4. The van der Waals surface area contributed by atoms with Crippen LogP contribution >= 0.6 is 11.9 Å². The molecule has 0 spiro atoms. The molecule has 3 nitrogen and oxygen atoms in total. The first-order valence-electron chi connectivity index (χ1n) is 5.06. The molecular formula is C11H15N3S. The normalized spacial score (nSPS) is 17.6. The molecule has 2 rings (SSSR count). The van der Waals surface area contributed by atoms with Crippen molar-refractivity contribution in [1.29, 1.82) is 0 Å². The predicted molar refractivity (Wildman–Crippen MR) is 64.5 cm³/mol. The van der Waals surface area contributed by atoms with Crippen LogP contribution < -0.4 is 0 Å². The maximum atomic E-state index is 4.35. The molecule has 4 heteroatoms. The van der Waals surface area contributed by atoms with Gasteiger partial charge < -0.3 is 0 Å². The highest BCUT2D eigenvalue weighted by molar-refractivity contribution is 7.96. The molecule has 0 radical (unpaired) electrons. The Morgan fingerprint density at radius 3 is 2.60 bits per heavy atom. The van der Waals surface area contributed by atoms with E-state index in [1.807, 2.05) is 19.3 Å². The van der Waals surface area contributed by atoms with E-state index in [4.69, 9.17) is 0 Å². The van der Waals surface area contributed by atoms with E-state index in [2.05, 4.69) is 26.6 Å². The summed E-state index contributed by atoms with van der Waals surface area (Å²) in [5.41, 5.74) is 2.39. The molecule has 0 fully saturated rings. The summed E-state index contributed by atoms with van der Waals surface area (Å²) in [4.78, 5) is 8.70. The van der Waals surface area contributed by atoms with Crippen molar-refractivity contribution in [3.63, 3.8) is 0 Å². The molecule has 0 amide bonds. The third kappa shape index (κ3) is 2.58. The van der Waals surface area contributed by atoms with E-state index in [0.29, 0.717) is 0 Å². The summed E-state index contributed by atoms with van der Waals surface area (Å²) in [7, 11) is 0. The highest BCUT2D eigenvalue weighted by Crippen LogP contribution is 2.21. The zero-order valence-corrected chi connectivity index (χ0v) is 9.92. The summed E-state index contributed by atoms with van der Waals surface area (Å²) < 4.78 is 2.33. The summed E-state index contributed by atoms with van der Waals surface area (Å²) in [6.07, 6.45) is 9.14. The van der Waals surface area contributed by atoms with E-state index in [9.17, 15) is 0 Å². The van der Waals surface area contributed by atoms with Crippen LogP contribution in [0.3, 0.4) is 0 Å². The van der Waals surface area contributed by atoms with Gasteiger partial charge in [-0.2, -0.15) is 0 Å². The fourth-order valence-electron chi connectivity index (χ4n) is 1.58. The first-order valence-corrected chi connectivity index (χ1v) is 6.25. The predicted octanol–water partition coefficient (Wildman–Crippen LogP) is 2.15. The fraction of sp³-hybridized carbons (Fsp3) is 0.455. The highest BCUT2D eigenvalue weighted by Gasteiger charge is 2.13. The third-order valence-electron chi connectivity index (χ3n) is 2.50. The molecule has 80 valence electrons. The standard InChI is InChI=1S/C11H15N3S/c1-9-7-12-11(13-8-9)10-3-5-14(15-2)6-4-10/h3,7-8H,4-6H2,1-2H3. The van der Waals surface area contributed by atoms with Crippen molar-refractivity contribution in [3.05, 3.63) is 29.9 Å². The van der Waals surface area contributed by atoms with Crippen molar-refractivity contribution < 1.29 is 0 Å². The lowest BCUT2D eigenvalue weighted by atomic mass is 10.1. The van der Waals surface area contributed by atoms with Gasteiger partial charge in [-0.15, -0.1) is 0 Å². The number of hydrogen-bond donors (Lipinski definition) is 0. The largest absolute Gasteiger partial charge is 0.247 e. The highest BCUT2D eigenvalue weighted by atomic mass is 32.2. The van der Waals surface area contributed by atoms with Gasteiger partial charge in [0.25, 0.3) is 0 Å². The van der Waals surface area contributed by atoms with Crippen molar-refractivity contribution in [2.75, 3.05) is 19.3 Å². The van der Waals surface area contributed by atoms with Crippen molar-refractivity contribution in [2.45, 2.75) is 13.3 Å². The SMILES string of the molecule is CSN1CC=C(c2ncc(C)cn2)CC1. The van der Waals surface area contributed by atoms with E-state index in [1.165, 1.54) is 5.57 Å². The first kappa shape index (κ1) is 10.6. The average Bonchev–Trinajstić information content (AvgIpc) is 2.30. The van der Waals surface area contributed by atoms with Crippen LogP contribution in [0.1, 0.15) is 17.8 Å². The second-order valence-corrected chi connectivity index (χ2v) is 4.52. The maximum Gasteiger partial charge on any atom is 0.154 e. The molecule has 1 aliphatic heterocycles. The molecular weight excluding hydrogens is 206 g/mol. The Hall–Kier alpha value is -0.870. The lowest BCUT2D eigenvalue weighted by Gasteiger charge is -2.22. The summed E-state index contributed by atoms with van der Waals surface area (Å²) >= 11 is 1.79. The molecule has 1 aliphatic rings. The van der Waals surface area contributed by atoms with Crippen LogP contribution in [-0.4, -0.2) is 33.6 Å². The molecule has 0 saturated heterocycles. The molecule has 2 heterocycles. The second-order valence-electron chi connectivity index (χ2n) is 3.63. The van der Waals surface area contributed by atoms with Crippen LogP contribution in [0, 0.1) is 6.92 Å². The van der Waals surface area contributed by atoms with Crippen LogP contribution in [0.4, 0.5) is 0 Å². The van der Waals surface area contributed by atoms with Gasteiger partial charge in [-0.25, -0.2) is 14.3 Å². The van der Waals surface area contributed by atoms with Gasteiger partial charge in [0, 0.05) is 25.5 Å². The van der Waals surface area contributed by atoms with Gasteiger partial charge in [0.15, 0.2) is 5.82 Å². The summed E-state index contributed by atoms with van der Waals surface area (Å²) in [5, 5.41) is 0. The average molecular weight is 221 g/mol.